The van der Waals surface area contributed by atoms with Crippen molar-refractivity contribution in [3.63, 3.8) is 0 Å². The van der Waals surface area contributed by atoms with Gasteiger partial charge in [0.25, 0.3) is 0 Å². The summed E-state index contributed by atoms with van der Waals surface area (Å²) in [7, 11) is 0. The largest absolute Gasteiger partial charge is 0.494 e. The molecule has 0 aliphatic rings. The number of esters is 1. The average Bonchev–Trinajstić information content (AvgIpc) is 2.46. The number of hydrogen-bond donors (Lipinski definition) is 1. The van der Waals surface area contributed by atoms with Gasteiger partial charge in [-0.2, -0.15) is 0 Å². The maximum absolute atomic E-state index is 13.4. The van der Waals surface area contributed by atoms with E-state index < -0.39 is 11.8 Å². The molecule has 0 amide bonds. The number of ether oxygens (including phenoxy) is 2. The molecule has 0 saturated heterocycles. The molecule has 0 fully saturated rings. The fourth-order valence-corrected chi connectivity index (χ4v) is 1.83. The van der Waals surface area contributed by atoms with Crippen LogP contribution in [0.3, 0.4) is 0 Å². The minimum Gasteiger partial charge on any atom is -0.494 e. The topological polar surface area (TPSA) is 61.5 Å². The van der Waals surface area contributed by atoms with Gasteiger partial charge in [-0.1, -0.05) is 18.2 Å². The Bertz CT molecular complexity index is 643. The van der Waals surface area contributed by atoms with Crippen molar-refractivity contribution >= 4 is 11.7 Å². The number of carbonyl (C=O) groups excluding carboxylic acids is 1. The molecule has 0 aliphatic heterocycles. The van der Waals surface area contributed by atoms with Crippen LogP contribution >= 0.6 is 0 Å². The van der Waals surface area contributed by atoms with Crippen LogP contribution in [0.5, 0.6) is 5.75 Å². The van der Waals surface area contributed by atoms with Crippen molar-refractivity contribution in [2.24, 2.45) is 0 Å². The molecule has 21 heavy (non-hydrogen) atoms. The van der Waals surface area contributed by atoms with Gasteiger partial charge in [0.15, 0.2) is 0 Å². The minimum atomic E-state index is -0.577. The van der Waals surface area contributed by atoms with Crippen LogP contribution in [0.25, 0.3) is 0 Å². The normalized spacial score (nSPS) is 10.2. The van der Waals surface area contributed by atoms with Crippen molar-refractivity contribution in [3.8, 4) is 5.75 Å². The lowest BCUT2D eigenvalue weighted by molar-refractivity contribution is 0.0468. The molecule has 0 unspecified atom stereocenters. The first-order valence-electron chi connectivity index (χ1n) is 6.54. The third kappa shape index (κ3) is 3.95. The molecule has 0 aromatic heterocycles. The predicted octanol–water partition coefficient (Wildman–Crippen LogP) is 3.16. The maximum atomic E-state index is 13.4. The lowest BCUT2D eigenvalue weighted by atomic mass is 10.2. The summed E-state index contributed by atoms with van der Waals surface area (Å²) in [4.78, 5) is 12.0. The van der Waals surface area contributed by atoms with Crippen LogP contribution in [-0.4, -0.2) is 12.6 Å². The van der Waals surface area contributed by atoms with Crippen LogP contribution in [0, 0.1) is 5.82 Å². The fraction of sp³-hybridized carbons (Fsp3) is 0.188. The minimum absolute atomic E-state index is 0.135. The standard InChI is InChI=1S/C16H16FNO3/c1-2-20-14-8-12(7-13(18)9-14)16(19)21-10-11-5-3-4-6-15(11)17/h3-9H,2,10,18H2,1H3. The molecule has 2 rings (SSSR count). The van der Waals surface area contributed by atoms with Gasteiger partial charge in [0.1, 0.15) is 18.2 Å². The lowest BCUT2D eigenvalue weighted by Crippen LogP contribution is -2.07. The van der Waals surface area contributed by atoms with E-state index in [0.717, 1.165) is 0 Å². The van der Waals surface area contributed by atoms with Gasteiger partial charge in [-0.15, -0.1) is 0 Å². The number of hydrogen-bond acceptors (Lipinski definition) is 4. The third-order valence-electron chi connectivity index (χ3n) is 2.79. The summed E-state index contributed by atoms with van der Waals surface area (Å²) >= 11 is 0. The highest BCUT2D eigenvalue weighted by atomic mass is 19.1. The molecule has 110 valence electrons. The van der Waals surface area contributed by atoms with E-state index in [4.69, 9.17) is 15.2 Å². The molecule has 0 spiro atoms. The van der Waals surface area contributed by atoms with E-state index in [1.54, 1.807) is 30.3 Å². The van der Waals surface area contributed by atoms with Crippen LogP contribution in [0.4, 0.5) is 10.1 Å². The Labute approximate surface area is 122 Å². The van der Waals surface area contributed by atoms with Crippen molar-refractivity contribution in [2.45, 2.75) is 13.5 Å². The van der Waals surface area contributed by atoms with Gasteiger partial charge in [-0.3, -0.25) is 0 Å². The van der Waals surface area contributed by atoms with Crippen LogP contribution in [-0.2, 0) is 11.3 Å². The first-order valence-corrected chi connectivity index (χ1v) is 6.54. The molecule has 2 aromatic carbocycles. The van der Waals surface area contributed by atoms with Crippen LogP contribution in [0.1, 0.15) is 22.8 Å². The zero-order chi connectivity index (χ0) is 15.2. The van der Waals surface area contributed by atoms with E-state index in [1.807, 2.05) is 6.92 Å². The second kappa shape index (κ2) is 6.74. The van der Waals surface area contributed by atoms with E-state index >= 15 is 0 Å². The second-order valence-corrected chi connectivity index (χ2v) is 4.39. The van der Waals surface area contributed by atoms with E-state index in [-0.39, 0.29) is 12.2 Å². The summed E-state index contributed by atoms with van der Waals surface area (Å²) < 4.78 is 23.8. The van der Waals surface area contributed by atoms with Gasteiger partial charge in [0.05, 0.1) is 12.2 Å². The molecule has 0 heterocycles. The highest BCUT2D eigenvalue weighted by Crippen LogP contribution is 2.20. The number of rotatable bonds is 5. The van der Waals surface area contributed by atoms with Crippen molar-refractivity contribution in [2.75, 3.05) is 12.3 Å². The van der Waals surface area contributed by atoms with E-state index in [2.05, 4.69) is 0 Å². The molecule has 5 heteroatoms. The summed E-state index contributed by atoms with van der Waals surface area (Å²) in [6.45, 7) is 2.16. The number of anilines is 1. The second-order valence-electron chi connectivity index (χ2n) is 4.39. The molecular weight excluding hydrogens is 273 g/mol. The summed E-state index contributed by atoms with van der Waals surface area (Å²) in [6.07, 6.45) is 0. The first kappa shape index (κ1) is 14.8. The van der Waals surface area contributed by atoms with Gasteiger partial charge in [0.2, 0.25) is 0 Å². The number of carbonyl (C=O) groups is 1. The maximum Gasteiger partial charge on any atom is 0.338 e. The molecule has 4 nitrogen and oxygen atoms in total. The zero-order valence-corrected chi connectivity index (χ0v) is 11.6. The summed E-state index contributed by atoms with van der Waals surface area (Å²) in [5, 5.41) is 0. The van der Waals surface area contributed by atoms with E-state index in [9.17, 15) is 9.18 Å². The molecule has 0 aliphatic carbocycles. The first-order chi connectivity index (χ1) is 10.1. The van der Waals surface area contributed by atoms with E-state index in [1.165, 1.54) is 12.1 Å². The molecule has 0 saturated carbocycles. The van der Waals surface area contributed by atoms with Crippen molar-refractivity contribution in [1.29, 1.82) is 0 Å². The Kier molecular flexibility index (Phi) is 4.77. The summed E-state index contributed by atoms with van der Waals surface area (Å²) in [6, 6.07) is 10.8. The smallest absolute Gasteiger partial charge is 0.338 e. The van der Waals surface area contributed by atoms with Gasteiger partial charge in [0, 0.05) is 17.3 Å². The van der Waals surface area contributed by atoms with Gasteiger partial charge < -0.3 is 15.2 Å². The van der Waals surface area contributed by atoms with Crippen molar-refractivity contribution in [3.05, 3.63) is 59.4 Å². The third-order valence-corrected chi connectivity index (χ3v) is 2.79. The fourth-order valence-electron chi connectivity index (χ4n) is 1.83. The number of nitrogen functional groups attached to an aromatic ring is 1. The highest BCUT2D eigenvalue weighted by Gasteiger charge is 2.11. The predicted molar refractivity (Wildman–Crippen MR) is 77.5 cm³/mol. The molecule has 0 bridgehead atoms. The van der Waals surface area contributed by atoms with Crippen molar-refractivity contribution in [1.82, 2.24) is 0 Å². The molecule has 2 N–H and O–H groups in total. The average molecular weight is 289 g/mol. The Balaban J connectivity index is 2.08. The van der Waals surface area contributed by atoms with Crippen LogP contribution < -0.4 is 10.5 Å². The quantitative estimate of drug-likeness (QED) is 0.678. The van der Waals surface area contributed by atoms with Crippen LogP contribution in [0.15, 0.2) is 42.5 Å². The van der Waals surface area contributed by atoms with Crippen LogP contribution in [0.2, 0.25) is 0 Å². The Morgan fingerprint density at radius 3 is 2.71 bits per heavy atom. The Morgan fingerprint density at radius 1 is 1.24 bits per heavy atom. The summed E-state index contributed by atoms with van der Waals surface area (Å²) in [5.41, 5.74) is 6.70. The monoisotopic (exact) mass is 289 g/mol. The Hall–Kier alpha value is -2.56. The number of nitrogens with two attached hydrogens (primary N) is 1. The van der Waals surface area contributed by atoms with Crippen molar-refractivity contribution < 1.29 is 18.7 Å². The van der Waals surface area contributed by atoms with Gasteiger partial charge in [-0.25, -0.2) is 9.18 Å². The van der Waals surface area contributed by atoms with Gasteiger partial charge >= 0.3 is 5.97 Å². The molecular formula is C16H16FNO3. The SMILES string of the molecule is CCOc1cc(N)cc(C(=O)OCc2ccccc2F)c1. The number of halogens is 1. The van der Waals surface area contributed by atoms with Gasteiger partial charge in [-0.05, 0) is 25.1 Å². The molecule has 2 aromatic rings. The molecule has 0 radical (unpaired) electrons. The lowest BCUT2D eigenvalue weighted by Gasteiger charge is -2.09. The molecule has 0 atom stereocenters. The van der Waals surface area contributed by atoms with E-state index in [0.29, 0.717) is 23.6 Å². The Morgan fingerprint density at radius 2 is 2.00 bits per heavy atom. The highest BCUT2D eigenvalue weighted by molar-refractivity contribution is 5.91. The zero-order valence-electron chi connectivity index (χ0n) is 11.6. The number of benzene rings is 2. The summed E-state index contributed by atoms with van der Waals surface area (Å²) in [5.74, 6) is -0.491.